The number of nitrogens with one attached hydrogen (secondary N) is 2. The summed E-state index contributed by atoms with van der Waals surface area (Å²) in [4.78, 5) is 34.3. The summed E-state index contributed by atoms with van der Waals surface area (Å²) >= 11 is 1.32. The monoisotopic (exact) mass is 284 g/mol. The van der Waals surface area contributed by atoms with Gasteiger partial charge in [0.25, 0.3) is 5.91 Å². The highest BCUT2D eigenvalue weighted by Gasteiger charge is 2.17. The highest BCUT2D eigenvalue weighted by atomic mass is 32.1. The van der Waals surface area contributed by atoms with Gasteiger partial charge in [0.15, 0.2) is 0 Å². The molecule has 19 heavy (non-hydrogen) atoms. The smallest absolute Gasteiger partial charge is 0.326 e. The van der Waals surface area contributed by atoms with Crippen molar-refractivity contribution in [3.05, 3.63) is 22.4 Å². The van der Waals surface area contributed by atoms with Gasteiger partial charge in [-0.3, -0.25) is 9.59 Å². The Bertz CT molecular complexity index is 445. The number of carboxylic acids is 1. The van der Waals surface area contributed by atoms with E-state index in [0.29, 0.717) is 11.3 Å². The van der Waals surface area contributed by atoms with E-state index in [9.17, 15) is 14.4 Å². The number of aliphatic carboxylic acids is 1. The number of hydrogen-bond acceptors (Lipinski definition) is 4. The zero-order valence-corrected chi connectivity index (χ0v) is 11.3. The van der Waals surface area contributed by atoms with Crippen LogP contribution in [0.3, 0.4) is 0 Å². The van der Waals surface area contributed by atoms with Crippen molar-refractivity contribution >= 4 is 29.1 Å². The predicted octanol–water partition coefficient (Wildman–Crippen LogP) is 0.847. The highest BCUT2D eigenvalue weighted by molar-refractivity contribution is 7.12. The number of amides is 2. The van der Waals surface area contributed by atoms with Crippen molar-refractivity contribution in [1.29, 1.82) is 0 Å². The molecule has 7 heteroatoms. The SMILES string of the molecule is CC[C@H](NC(=O)CCNC(=O)c1cccs1)C(=O)O. The number of carbonyl (C=O) groups excluding carboxylic acids is 2. The van der Waals surface area contributed by atoms with E-state index in [-0.39, 0.29) is 24.8 Å². The minimum absolute atomic E-state index is 0.0564. The molecule has 0 radical (unpaired) electrons. The summed E-state index contributed by atoms with van der Waals surface area (Å²) < 4.78 is 0. The molecule has 1 aromatic rings. The third kappa shape index (κ3) is 5.09. The molecule has 1 heterocycles. The Morgan fingerprint density at radius 3 is 2.68 bits per heavy atom. The second-order valence-electron chi connectivity index (χ2n) is 3.85. The van der Waals surface area contributed by atoms with Crippen LogP contribution in [-0.4, -0.2) is 35.5 Å². The van der Waals surface area contributed by atoms with Gasteiger partial charge in [-0.2, -0.15) is 0 Å². The van der Waals surface area contributed by atoms with Gasteiger partial charge in [0.1, 0.15) is 6.04 Å². The normalized spacial score (nSPS) is 11.6. The molecule has 104 valence electrons. The van der Waals surface area contributed by atoms with E-state index in [1.54, 1.807) is 24.4 Å². The average molecular weight is 284 g/mol. The summed E-state index contributed by atoms with van der Waals surface area (Å²) in [5.74, 6) is -1.67. The Hall–Kier alpha value is -1.89. The lowest BCUT2D eigenvalue weighted by atomic mass is 10.2. The third-order valence-corrected chi connectivity index (χ3v) is 3.29. The van der Waals surface area contributed by atoms with Crippen LogP contribution in [0.15, 0.2) is 17.5 Å². The fraction of sp³-hybridized carbons (Fsp3) is 0.417. The maximum absolute atomic E-state index is 11.5. The van der Waals surface area contributed by atoms with Gasteiger partial charge in [0.2, 0.25) is 5.91 Å². The molecule has 2 amide bonds. The first-order valence-electron chi connectivity index (χ1n) is 5.88. The molecule has 0 aliphatic heterocycles. The minimum atomic E-state index is -1.06. The first-order chi connectivity index (χ1) is 9.04. The quantitative estimate of drug-likeness (QED) is 0.691. The second kappa shape index (κ2) is 7.52. The van der Waals surface area contributed by atoms with Gasteiger partial charge < -0.3 is 15.7 Å². The zero-order valence-electron chi connectivity index (χ0n) is 10.5. The first-order valence-corrected chi connectivity index (χ1v) is 6.76. The minimum Gasteiger partial charge on any atom is -0.480 e. The second-order valence-corrected chi connectivity index (χ2v) is 4.80. The molecule has 0 saturated heterocycles. The maximum atomic E-state index is 11.5. The van der Waals surface area contributed by atoms with E-state index in [1.165, 1.54) is 11.3 Å². The molecular weight excluding hydrogens is 268 g/mol. The molecule has 1 rings (SSSR count). The lowest BCUT2D eigenvalue weighted by Gasteiger charge is -2.12. The van der Waals surface area contributed by atoms with Gasteiger partial charge in [-0.05, 0) is 17.9 Å². The van der Waals surface area contributed by atoms with Crippen LogP contribution in [0, 0.1) is 0 Å². The van der Waals surface area contributed by atoms with Crippen LogP contribution < -0.4 is 10.6 Å². The van der Waals surface area contributed by atoms with Crippen LogP contribution in [0.1, 0.15) is 29.4 Å². The lowest BCUT2D eigenvalue weighted by Crippen LogP contribution is -2.41. The van der Waals surface area contributed by atoms with Gasteiger partial charge in [0.05, 0.1) is 4.88 Å². The molecule has 0 aliphatic rings. The van der Waals surface area contributed by atoms with Gasteiger partial charge >= 0.3 is 5.97 Å². The fourth-order valence-corrected chi connectivity index (χ4v) is 2.03. The van der Waals surface area contributed by atoms with Crippen molar-refractivity contribution in [3.8, 4) is 0 Å². The van der Waals surface area contributed by atoms with E-state index < -0.39 is 12.0 Å². The number of carbonyl (C=O) groups is 3. The van der Waals surface area contributed by atoms with Crippen molar-refractivity contribution in [2.45, 2.75) is 25.8 Å². The highest BCUT2D eigenvalue weighted by Crippen LogP contribution is 2.07. The topological polar surface area (TPSA) is 95.5 Å². The van der Waals surface area contributed by atoms with Crippen LogP contribution in [0.5, 0.6) is 0 Å². The first kappa shape index (κ1) is 15.2. The van der Waals surface area contributed by atoms with Crippen LogP contribution in [0.2, 0.25) is 0 Å². The molecule has 6 nitrogen and oxygen atoms in total. The number of carboxylic acid groups (broad SMARTS) is 1. The van der Waals surface area contributed by atoms with Crippen molar-refractivity contribution in [3.63, 3.8) is 0 Å². The maximum Gasteiger partial charge on any atom is 0.326 e. The molecule has 0 aliphatic carbocycles. The summed E-state index contributed by atoms with van der Waals surface area (Å²) in [5, 5.41) is 15.6. The average Bonchev–Trinajstić information content (AvgIpc) is 2.89. The number of hydrogen-bond donors (Lipinski definition) is 3. The summed E-state index contributed by atoms with van der Waals surface area (Å²) in [6.07, 6.45) is 0.378. The van der Waals surface area contributed by atoms with Crippen molar-refractivity contribution in [1.82, 2.24) is 10.6 Å². The van der Waals surface area contributed by atoms with Crippen molar-refractivity contribution in [2.24, 2.45) is 0 Å². The van der Waals surface area contributed by atoms with E-state index in [0.717, 1.165) is 0 Å². The van der Waals surface area contributed by atoms with Crippen LogP contribution in [-0.2, 0) is 9.59 Å². The Labute approximate surface area is 114 Å². The summed E-state index contributed by atoms with van der Waals surface area (Å²) in [6, 6.07) is 2.59. The van der Waals surface area contributed by atoms with Gasteiger partial charge in [-0.15, -0.1) is 11.3 Å². The largest absolute Gasteiger partial charge is 0.480 e. The molecule has 0 bridgehead atoms. The molecule has 0 fully saturated rings. The Balaban J connectivity index is 2.27. The van der Waals surface area contributed by atoms with E-state index in [4.69, 9.17) is 5.11 Å². The predicted molar refractivity (Wildman–Crippen MR) is 71.1 cm³/mol. The molecule has 1 aromatic heterocycles. The van der Waals surface area contributed by atoms with Gasteiger partial charge in [-0.25, -0.2) is 4.79 Å². The molecule has 1 atom stereocenters. The van der Waals surface area contributed by atoms with Crippen LogP contribution >= 0.6 is 11.3 Å². The van der Waals surface area contributed by atoms with Gasteiger partial charge in [-0.1, -0.05) is 13.0 Å². The van der Waals surface area contributed by atoms with E-state index in [2.05, 4.69) is 10.6 Å². The van der Waals surface area contributed by atoms with Crippen LogP contribution in [0.4, 0.5) is 0 Å². The third-order valence-electron chi connectivity index (χ3n) is 2.42. The van der Waals surface area contributed by atoms with Crippen molar-refractivity contribution < 1.29 is 19.5 Å². The van der Waals surface area contributed by atoms with Gasteiger partial charge in [0, 0.05) is 13.0 Å². The molecule has 0 saturated carbocycles. The standard InChI is InChI=1S/C12H16N2O4S/c1-2-8(12(17)18)14-10(15)5-6-13-11(16)9-4-3-7-19-9/h3-4,7-8H,2,5-6H2,1H3,(H,13,16)(H,14,15)(H,17,18)/t8-/m0/s1. The number of thiophene rings is 1. The molecule has 0 unspecified atom stereocenters. The zero-order chi connectivity index (χ0) is 14.3. The fourth-order valence-electron chi connectivity index (χ4n) is 1.39. The summed E-state index contributed by atoms with van der Waals surface area (Å²) in [6.45, 7) is 1.86. The van der Waals surface area contributed by atoms with E-state index >= 15 is 0 Å². The summed E-state index contributed by atoms with van der Waals surface area (Å²) in [5.41, 5.74) is 0. The van der Waals surface area contributed by atoms with Crippen LogP contribution in [0.25, 0.3) is 0 Å². The molecule has 0 aromatic carbocycles. The van der Waals surface area contributed by atoms with Crippen molar-refractivity contribution in [2.75, 3.05) is 6.54 Å². The molecular formula is C12H16N2O4S. The summed E-state index contributed by atoms with van der Waals surface area (Å²) in [7, 11) is 0. The molecule has 0 spiro atoms. The molecule has 3 N–H and O–H groups in total. The lowest BCUT2D eigenvalue weighted by molar-refractivity contribution is -0.141. The van der Waals surface area contributed by atoms with E-state index in [1.807, 2.05) is 0 Å². The Morgan fingerprint density at radius 1 is 1.42 bits per heavy atom. The Morgan fingerprint density at radius 2 is 2.16 bits per heavy atom. The Kier molecular flexibility index (Phi) is 6.01. The number of rotatable bonds is 7.